The standard InChI is InChI=1S/C34H53NO3S/c1-24-11-15-30(16-12-24)39(37,38)35-28-21-26(22-29(36)23-28)13-14-27-10-8-20-34(6)31(17-18-32(27)34)25(2)9-7-19-33(3,4)5/h11-16,25,28-29,31-32,35-36H,7-10,17-23H2,1-6H3/b26-13-,27-14+/t25-,28+,29-,31-,32+,34-/m1/s1. The van der Waals surface area contributed by atoms with Crippen LogP contribution in [0.1, 0.15) is 111 Å². The lowest BCUT2D eigenvalue weighted by molar-refractivity contribution is 0.0920. The van der Waals surface area contributed by atoms with E-state index in [1.54, 1.807) is 17.7 Å². The molecule has 0 amide bonds. The van der Waals surface area contributed by atoms with Crippen molar-refractivity contribution in [3.63, 3.8) is 0 Å². The molecule has 0 bridgehead atoms. The molecule has 0 radical (unpaired) electrons. The summed E-state index contributed by atoms with van der Waals surface area (Å²) in [5, 5.41) is 10.6. The van der Waals surface area contributed by atoms with Gasteiger partial charge in [-0.25, -0.2) is 13.1 Å². The number of fused-ring (bicyclic) bond motifs is 1. The second-order valence-electron chi connectivity index (χ2n) is 14.5. The van der Waals surface area contributed by atoms with Crippen molar-refractivity contribution >= 4 is 10.0 Å². The summed E-state index contributed by atoms with van der Waals surface area (Å²) < 4.78 is 28.8. The van der Waals surface area contributed by atoms with Crippen molar-refractivity contribution in [1.82, 2.24) is 4.72 Å². The second kappa shape index (κ2) is 12.2. The highest BCUT2D eigenvalue weighted by Crippen LogP contribution is 2.60. The van der Waals surface area contributed by atoms with Gasteiger partial charge in [-0.05, 0) is 105 Å². The van der Waals surface area contributed by atoms with E-state index >= 15 is 0 Å². The summed E-state index contributed by atoms with van der Waals surface area (Å²) in [5.74, 6) is 2.23. The maximum absolute atomic E-state index is 13.0. The Balaban J connectivity index is 1.42. The molecule has 0 saturated heterocycles. The molecule has 4 rings (SSSR count). The fourth-order valence-corrected chi connectivity index (χ4v) is 9.27. The van der Waals surface area contributed by atoms with Gasteiger partial charge in [0, 0.05) is 6.04 Å². The van der Waals surface area contributed by atoms with Gasteiger partial charge < -0.3 is 5.11 Å². The van der Waals surface area contributed by atoms with Gasteiger partial charge in [0.1, 0.15) is 0 Å². The predicted molar refractivity (Wildman–Crippen MR) is 162 cm³/mol. The van der Waals surface area contributed by atoms with Crippen molar-refractivity contribution in [1.29, 1.82) is 0 Å². The molecule has 0 heterocycles. The lowest BCUT2D eigenvalue weighted by atomic mass is 9.60. The van der Waals surface area contributed by atoms with Gasteiger partial charge in [-0.15, -0.1) is 0 Å². The minimum absolute atomic E-state index is 0.283. The van der Waals surface area contributed by atoms with Crippen molar-refractivity contribution < 1.29 is 13.5 Å². The van der Waals surface area contributed by atoms with E-state index in [1.807, 2.05) is 19.1 Å². The molecule has 39 heavy (non-hydrogen) atoms. The lowest BCUT2D eigenvalue weighted by Crippen LogP contribution is -2.40. The van der Waals surface area contributed by atoms with E-state index in [0.717, 1.165) is 23.0 Å². The molecule has 1 aromatic rings. The number of aliphatic hydroxyl groups excluding tert-OH is 1. The molecular formula is C34H53NO3S. The molecule has 218 valence electrons. The number of sulfonamides is 1. The number of aryl methyl sites for hydroxylation is 1. The molecule has 0 spiro atoms. The Morgan fingerprint density at radius 2 is 1.85 bits per heavy atom. The van der Waals surface area contributed by atoms with E-state index in [4.69, 9.17) is 0 Å². The number of hydrogen-bond acceptors (Lipinski definition) is 3. The van der Waals surface area contributed by atoms with Gasteiger partial charge in [0.05, 0.1) is 11.0 Å². The topological polar surface area (TPSA) is 66.4 Å². The van der Waals surface area contributed by atoms with Crippen LogP contribution in [0, 0.1) is 35.5 Å². The predicted octanol–water partition coefficient (Wildman–Crippen LogP) is 8.11. The molecular weight excluding hydrogens is 502 g/mol. The highest BCUT2D eigenvalue weighted by atomic mass is 32.2. The fraction of sp³-hybridized carbons (Fsp3) is 0.706. The van der Waals surface area contributed by atoms with Crippen LogP contribution in [0.15, 0.2) is 52.5 Å². The Hall–Kier alpha value is -1.43. The normalized spacial score (nSPS) is 32.9. The van der Waals surface area contributed by atoms with E-state index in [2.05, 4.69) is 51.5 Å². The fourth-order valence-electron chi connectivity index (χ4n) is 8.02. The molecule has 0 unspecified atom stereocenters. The molecule has 4 nitrogen and oxygen atoms in total. The van der Waals surface area contributed by atoms with Crippen LogP contribution < -0.4 is 4.72 Å². The van der Waals surface area contributed by atoms with E-state index < -0.39 is 16.1 Å². The minimum atomic E-state index is -3.61. The number of hydrogen-bond donors (Lipinski definition) is 2. The van der Waals surface area contributed by atoms with Gasteiger partial charge in [0.2, 0.25) is 10.0 Å². The summed E-state index contributed by atoms with van der Waals surface area (Å²) in [6.07, 6.45) is 16.2. The summed E-state index contributed by atoms with van der Waals surface area (Å²) in [6, 6.07) is 6.66. The maximum atomic E-state index is 13.0. The zero-order valence-corrected chi connectivity index (χ0v) is 26.1. The third-order valence-electron chi connectivity index (χ3n) is 10.1. The Labute approximate surface area is 238 Å². The molecule has 3 aliphatic rings. The monoisotopic (exact) mass is 555 g/mol. The summed E-state index contributed by atoms with van der Waals surface area (Å²) in [7, 11) is -3.61. The van der Waals surface area contributed by atoms with Crippen LogP contribution in [-0.2, 0) is 10.0 Å². The molecule has 3 aliphatic carbocycles. The van der Waals surface area contributed by atoms with Gasteiger partial charge in [0.15, 0.2) is 0 Å². The quantitative estimate of drug-likeness (QED) is 0.340. The Morgan fingerprint density at radius 1 is 1.13 bits per heavy atom. The molecule has 3 fully saturated rings. The third-order valence-corrected chi connectivity index (χ3v) is 11.6. The van der Waals surface area contributed by atoms with Gasteiger partial charge in [0.25, 0.3) is 0 Å². The van der Waals surface area contributed by atoms with Crippen LogP contribution in [0.4, 0.5) is 0 Å². The summed E-state index contributed by atoms with van der Waals surface area (Å²) in [4.78, 5) is 0.283. The SMILES string of the molecule is Cc1ccc(S(=O)(=O)N[C@H]2C/C(=C/C=C3\CCC[C@]4(C)[C@@H]([C@H](C)CCCC(C)(C)C)CC[C@@H]34)C[C@@H](O)C2)cc1. The number of rotatable bonds is 8. The molecule has 1 aromatic carbocycles. The summed E-state index contributed by atoms with van der Waals surface area (Å²) >= 11 is 0. The minimum Gasteiger partial charge on any atom is -0.393 e. The highest BCUT2D eigenvalue weighted by Gasteiger charge is 2.50. The Bertz CT molecular complexity index is 1140. The molecule has 5 heteroatoms. The van der Waals surface area contributed by atoms with E-state index in [-0.39, 0.29) is 10.9 Å². The number of aliphatic hydroxyl groups is 1. The molecule has 6 atom stereocenters. The molecule has 3 saturated carbocycles. The number of allylic oxidation sites excluding steroid dienone is 3. The number of nitrogens with one attached hydrogen (secondary N) is 1. The number of benzene rings is 1. The van der Waals surface area contributed by atoms with Crippen molar-refractivity contribution in [3.05, 3.63) is 53.1 Å². The molecule has 0 aromatic heterocycles. The zero-order chi connectivity index (χ0) is 28.4. The first kappa shape index (κ1) is 30.5. The summed E-state index contributed by atoms with van der Waals surface area (Å²) in [6.45, 7) is 14.1. The Morgan fingerprint density at radius 3 is 2.54 bits per heavy atom. The van der Waals surface area contributed by atoms with Crippen molar-refractivity contribution in [3.8, 4) is 0 Å². The second-order valence-corrected chi connectivity index (χ2v) is 16.2. The largest absolute Gasteiger partial charge is 0.393 e. The van der Waals surface area contributed by atoms with Crippen LogP contribution in [0.25, 0.3) is 0 Å². The third kappa shape index (κ3) is 7.65. The van der Waals surface area contributed by atoms with Crippen LogP contribution in [0.3, 0.4) is 0 Å². The molecule has 2 N–H and O–H groups in total. The lowest BCUT2D eigenvalue weighted by Gasteiger charge is -2.44. The van der Waals surface area contributed by atoms with Gasteiger partial charge in [-0.2, -0.15) is 0 Å². The highest BCUT2D eigenvalue weighted by molar-refractivity contribution is 7.89. The Kier molecular flexibility index (Phi) is 9.55. The zero-order valence-electron chi connectivity index (χ0n) is 25.3. The summed E-state index contributed by atoms with van der Waals surface area (Å²) in [5.41, 5.74) is 4.57. The first-order chi connectivity index (χ1) is 18.3. The van der Waals surface area contributed by atoms with Gasteiger partial charge in [-0.3, -0.25) is 0 Å². The first-order valence-corrected chi connectivity index (χ1v) is 16.9. The van der Waals surface area contributed by atoms with Crippen molar-refractivity contribution in [2.45, 2.75) is 129 Å². The van der Waals surface area contributed by atoms with Gasteiger partial charge >= 0.3 is 0 Å². The first-order valence-electron chi connectivity index (χ1n) is 15.4. The smallest absolute Gasteiger partial charge is 0.240 e. The van der Waals surface area contributed by atoms with Crippen LogP contribution in [0.5, 0.6) is 0 Å². The van der Waals surface area contributed by atoms with E-state index in [9.17, 15) is 13.5 Å². The van der Waals surface area contributed by atoms with Gasteiger partial charge in [-0.1, -0.05) is 88.5 Å². The maximum Gasteiger partial charge on any atom is 0.240 e. The average molecular weight is 556 g/mol. The average Bonchev–Trinajstić information content (AvgIpc) is 3.19. The van der Waals surface area contributed by atoms with E-state index in [0.29, 0.717) is 36.0 Å². The van der Waals surface area contributed by atoms with Crippen molar-refractivity contribution in [2.24, 2.45) is 28.6 Å². The van der Waals surface area contributed by atoms with E-state index in [1.165, 1.54) is 51.4 Å². The van der Waals surface area contributed by atoms with Crippen LogP contribution in [-0.4, -0.2) is 25.7 Å². The van der Waals surface area contributed by atoms with Crippen molar-refractivity contribution in [2.75, 3.05) is 0 Å². The van der Waals surface area contributed by atoms with Crippen LogP contribution >= 0.6 is 0 Å². The van der Waals surface area contributed by atoms with Crippen LogP contribution in [0.2, 0.25) is 0 Å². The molecule has 0 aliphatic heterocycles.